The fourth-order valence-electron chi connectivity index (χ4n) is 2.63. The molecule has 0 unspecified atom stereocenters. The average Bonchev–Trinajstić information content (AvgIpc) is 2.55. The lowest BCUT2D eigenvalue weighted by Crippen LogP contribution is -2.17. The summed E-state index contributed by atoms with van der Waals surface area (Å²) in [7, 11) is 3.86. The fraction of sp³-hybridized carbons (Fsp3) is 0.250. The van der Waals surface area contributed by atoms with E-state index in [1.54, 1.807) is 13.0 Å². The van der Waals surface area contributed by atoms with Crippen molar-refractivity contribution >= 4 is 11.7 Å². The minimum Gasteiger partial charge on any atom is -0.462 e. The fourth-order valence-corrected chi connectivity index (χ4v) is 2.63. The van der Waals surface area contributed by atoms with E-state index in [0.29, 0.717) is 17.7 Å². The Hall–Kier alpha value is -2.73. The summed E-state index contributed by atoms with van der Waals surface area (Å²) in [5, 5.41) is 0. The summed E-state index contributed by atoms with van der Waals surface area (Å²) < 4.78 is 5.11. The molecular formula is C20H21NO2. The van der Waals surface area contributed by atoms with Crippen LogP contribution in [-0.4, -0.2) is 26.7 Å². The van der Waals surface area contributed by atoms with Crippen molar-refractivity contribution in [2.45, 2.75) is 13.3 Å². The zero-order valence-corrected chi connectivity index (χ0v) is 13.8. The molecule has 0 N–H and O–H groups in total. The smallest absolute Gasteiger partial charge is 0.339 e. The standard InChI is InChI=1S/C20H21NO2/c1-5-17-18(20(22)23-6-2)13-12-16(19(17)21(3)4)14-15-10-8-7-9-11-15/h1,7-13H,6,14H2,2-4H3. The van der Waals surface area contributed by atoms with E-state index in [0.717, 1.165) is 17.7 Å². The summed E-state index contributed by atoms with van der Waals surface area (Å²) >= 11 is 0. The Kier molecular flexibility index (Phi) is 5.43. The predicted octanol–water partition coefficient (Wildman–Crippen LogP) is 3.50. The van der Waals surface area contributed by atoms with Crippen LogP contribution in [0.15, 0.2) is 42.5 Å². The van der Waals surface area contributed by atoms with Crippen LogP contribution in [0.3, 0.4) is 0 Å². The Morgan fingerprint density at radius 1 is 1.17 bits per heavy atom. The third-order valence-corrected chi connectivity index (χ3v) is 3.59. The van der Waals surface area contributed by atoms with Gasteiger partial charge in [0.25, 0.3) is 0 Å². The summed E-state index contributed by atoms with van der Waals surface area (Å²) in [5.41, 5.74) is 4.20. The zero-order chi connectivity index (χ0) is 16.8. The highest BCUT2D eigenvalue weighted by molar-refractivity contribution is 5.95. The van der Waals surface area contributed by atoms with Gasteiger partial charge in [0.2, 0.25) is 0 Å². The maximum Gasteiger partial charge on any atom is 0.339 e. The van der Waals surface area contributed by atoms with Crippen LogP contribution in [0, 0.1) is 12.3 Å². The van der Waals surface area contributed by atoms with Gasteiger partial charge in [-0.05, 0) is 30.5 Å². The number of esters is 1. The third-order valence-electron chi connectivity index (χ3n) is 3.59. The number of terminal acetylenes is 1. The van der Waals surface area contributed by atoms with Crippen LogP contribution in [0.4, 0.5) is 5.69 Å². The second-order valence-corrected chi connectivity index (χ2v) is 5.42. The van der Waals surface area contributed by atoms with Crippen molar-refractivity contribution in [2.75, 3.05) is 25.6 Å². The van der Waals surface area contributed by atoms with Gasteiger partial charge < -0.3 is 9.64 Å². The second kappa shape index (κ2) is 7.51. The number of hydrogen-bond donors (Lipinski definition) is 0. The van der Waals surface area contributed by atoms with Gasteiger partial charge >= 0.3 is 5.97 Å². The first-order chi connectivity index (χ1) is 11.1. The lowest BCUT2D eigenvalue weighted by Gasteiger charge is -2.21. The number of ether oxygens (including phenoxy) is 1. The molecule has 2 rings (SSSR count). The first-order valence-electron chi connectivity index (χ1n) is 7.59. The topological polar surface area (TPSA) is 29.5 Å². The number of benzene rings is 2. The van der Waals surface area contributed by atoms with Crippen molar-refractivity contribution in [3.05, 3.63) is 64.7 Å². The van der Waals surface area contributed by atoms with Crippen molar-refractivity contribution in [1.82, 2.24) is 0 Å². The normalized spacial score (nSPS) is 10.0. The molecule has 0 spiro atoms. The molecule has 0 heterocycles. The summed E-state index contributed by atoms with van der Waals surface area (Å²) in [6, 6.07) is 13.9. The molecular weight excluding hydrogens is 286 g/mol. The molecule has 0 saturated heterocycles. The summed E-state index contributed by atoms with van der Waals surface area (Å²) in [6.07, 6.45) is 6.46. The first-order valence-corrected chi connectivity index (χ1v) is 7.59. The van der Waals surface area contributed by atoms with Crippen LogP contribution < -0.4 is 4.90 Å². The summed E-state index contributed by atoms with van der Waals surface area (Å²) in [5.74, 6) is 2.29. The SMILES string of the molecule is C#Cc1c(C(=O)OCC)ccc(Cc2ccccc2)c1N(C)C. The van der Waals surface area contributed by atoms with Crippen LogP contribution in [0.1, 0.15) is 34.0 Å². The van der Waals surface area contributed by atoms with Crippen LogP contribution in [-0.2, 0) is 11.2 Å². The number of nitrogens with zero attached hydrogens (tertiary/aromatic N) is 1. The van der Waals surface area contributed by atoms with Crippen LogP contribution >= 0.6 is 0 Å². The number of hydrogen-bond acceptors (Lipinski definition) is 3. The molecule has 0 aliphatic carbocycles. The van der Waals surface area contributed by atoms with E-state index < -0.39 is 0 Å². The second-order valence-electron chi connectivity index (χ2n) is 5.42. The average molecular weight is 307 g/mol. The molecule has 0 saturated carbocycles. The molecule has 3 heteroatoms. The minimum absolute atomic E-state index is 0.325. The maximum atomic E-state index is 12.1. The molecule has 2 aromatic carbocycles. The molecule has 3 nitrogen and oxygen atoms in total. The molecule has 0 aliphatic rings. The van der Waals surface area contributed by atoms with Crippen molar-refractivity contribution in [2.24, 2.45) is 0 Å². The molecule has 0 radical (unpaired) electrons. The summed E-state index contributed by atoms with van der Waals surface area (Å²) in [6.45, 7) is 2.11. The van der Waals surface area contributed by atoms with Crippen molar-refractivity contribution in [3.8, 4) is 12.3 Å². The minimum atomic E-state index is -0.380. The van der Waals surface area contributed by atoms with Gasteiger partial charge in [-0.15, -0.1) is 6.42 Å². The van der Waals surface area contributed by atoms with E-state index in [-0.39, 0.29) is 5.97 Å². The lowest BCUT2D eigenvalue weighted by atomic mass is 9.96. The largest absolute Gasteiger partial charge is 0.462 e. The molecule has 0 aliphatic heterocycles. The van der Waals surface area contributed by atoms with E-state index in [1.165, 1.54) is 5.56 Å². The van der Waals surface area contributed by atoms with E-state index in [9.17, 15) is 4.79 Å². The van der Waals surface area contributed by atoms with Crippen LogP contribution in [0.25, 0.3) is 0 Å². The number of anilines is 1. The molecule has 0 bridgehead atoms. The summed E-state index contributed by atoms with van der Waals surface area (Å²) in [4.78, 5) is 14.1. The molecule has 0 aromatic heterocycles. The Bertz CT molecular complexity index is 727. The van der Waals surface area contributed by atoms with E-state index in [1.807, 2.05) is 43.3 Å². The van der Waals surface area contributed by atoms with E-state index >= 15 is 0 Å². The first kappa shape index (κ1) is 16.6. The number of rotatable bonds is 5. The molecule has 2 aromatic rings. The Balaban J connectivity index is 2.52. The Morgan fingerprint density at radius 3 is 2.43 bits per heavy atom. The molecule has 23 heavy (non-hydrogen) atoms. The van der Waals surface area contributed by atoms with Crippen molar-refractivity contribution in [3.63, 3.8) is 0 Å². The van der Waals surface area contributed by atoms with E-state index in [2.05, 4.69) is 18.1 Å². The predicted molar refractivity (Wildman–Crippen MR) is 93.9 cm³/mol. The third kappa shape index (κ3) is 3.73. The van der Waals surface area contributed by atoms with Crippen LogP contribution in [0.2, 0.25) is 0 Å². The van der Waals surface area contributed by atoms with Gasteiger partial charge in [0.05, 0.1) is 23.4 Å². The number of carbonyl (C=O) groups excluding carboxylic acids is 1. The van der Waals surface area contributed by atoms with Gasteiger partial charge in [-0.1, -0.05) is 42.3 Å². The molecule has 118 valence electrons. The molecule has 0 fully saturated rings. The van der Waals surface area contributed by atoms with Crippen molar-refractivity contribution < 1.29 is 9.53 Å². The van der Waals surface area contributed by atoms with Gasteiger partial charge in [0.1, 0.15) is 0 Å². The highest BCUT2D eigenvalue weighted by Gasteiger charge is 2.19. The highest BCUT2D eigenvalue weighted by Crippen LogP contribution is 2.29. The maximum absolute atomic E-state index is 12.1. The monoisotopic (exact) mass is 307 g/mol. The number of carbonyl (C=O) groups is 1. The van der Waals surface area contributed by atoms with Crippen LogP contribution in [0.5, 0.6) is 0 Å². The lowest BCUT2D eigenvalue weighted by molar-refractivity contribution is 0.0526. The van der Waals surface area contributed by atoms with Gasteiger partial charge in [0.15, 0.2) is 0 Å². The molecule has 0 amide bonds. The highest BCUT2D eigenvalue weighted by atomic mass is 16.5. The van der Waals surface area contributed by atoms with Gasteiger partial charge in [-0.2, -0.15) is 0 Å². The van der Waals surface area contributed by atoms with Gasteiger partial charge in [0, 0.05) is 14.1 Å². The zero-order valence-electron chi connectivity index (χ0n) is 13.8. The Morgan fingerprint density at radius 2 is 1.87 bits per heavy atom. The van der Waals surface area contributed by atoms with Gasteiger partial charge in [-0.3, -0.25) is 0 Å². The van der Waals surface area contributed by atoms with E-state index in [4.69, 9.17) is 11.2 Å². The van der Waals surface area contributed by atoms with Crippen molar-refractivity contribution in [1.29, 1.82) is 0 Å². The molecule has 0 atom stereocenters. The van der Waals surface area contributed by atoms with Gasteiger partial charge in [-0.25, -0.2) is 4.79 Å². The quantitative estimate of drug-likeness (QED) is 0.625. The Labute approximate surface area is 137 Å².